The first-order chi connectivity index (χ1) is 8.56. The minimum Gasteiger partial charge on any atom is -0.465 e. The van der Waals surface area contributed by atoms with Crippen LogP contribution in [0.1, 0.15) is 12.8 Å². The van der Waals surface area contributed by atoms with Crippen LogP contribution in [0.25, 0.3) is 0 Å². The topological polar surface area (TPSA) is 53.4 Å². The van der Waals surface area contributed by atoms with Gasteiger partial charge in [-0.05, 0) is 18.9 Å². The summed E-state index contributed by atoms with van der Waals surface area (Å²) in [7, 11) is 0. The number of carbonyl (C=O) groups is 1. The SMILES string of the molecule is O=C(O)N1CCC[C@@H](Sc2cnc(Cl)c(F)c2)C1. The van der Waals surface area contributed by atoms with Crippen LogP contribution in [0.3, 0.4) is 0 Å². The van der Waals surface area contributed by atoms with Gasteiger partial charge in [0.25, 0.3) is 0 Å². The molecule has 2 rings (SSSR count). The van der Waals surface area contributed by atoms with Crippen LogP contribution in [0.15, 0.2) is 17.2 Å². The molecular formula is C11H12ClFN2O2S. The highest BCUT2D eigenvalue weighted by atomic mass is 35.5. The van der Waals surface area contributed by atoms with Crippen LogP contribution >= 0.6 is 23.4 Å². The summed E-state index contributed by atoms with van der Waals surface area (Å²) in [5.74, 6) is -0.549. The molecule has 1 amide bonds. The van der Waals surface area contributed by atoms with Crippen LogP contribution < -0.4 is 0 Å². The lowest BCUT2D eigenvalue weighted by Crippen LogP contribution is -2.40. The number of carboxylic acid groups (broad SMARTS) is 1. The number of likely N-dealkylation sites (tertiary alicyclic amines) is 1. The van der Waals surface area contributed by atoms with E-state index in [9.17, 15) is 9.18 Å². The molecule has 1 saturated heterocycles. The molecule has 1 aliphatic heterocycles. The minimum absolute atomic E-state index is 0.136. The molecule has 0 radical (unpaired) electrons. The molecule has 1 N–H and O–H groups in total. The zero-order valence-electron chi connectivity index (χ0n) is 9.47. The quantitative estimate of drug-likeness (QED) is 0.850. The van der Waals surface area contributed by atoms with Crippen molar-refractivity contribution in [2.75, 3.05) is 13.1 Å². The maximum absolute atomic E-state index is 13.2. The van der Waals surface area contributed by atoms with E-state index >= 15 is 0 Å². The van der Waals surface area contributed by atoms with E-state index in [4.69, 9.17) is 16.7 Å². The van der Waals surface area contributed by atoms with Crippen molar-refractivity contribution in [1.82, 2.24) is 9.88 Å². The van der Waals surface area contributed by atoms with Gasteiger partial charge in [0, 0.05) is 29.4 Å². The Hall–Kier alpha value is -1.01. The van der Waals surface area contributed by atoms with Crippen molar-refractivity contribution in [1.29, 1.82) is 0 Å². The molecular weight excluding hydrogens is 279 g/mol. The Balaban J connectivity index is 2.00. The molecule has 0 aliphatic carbocycles. The van der Waals surface area contributed by atoms with Gasteiger partial charge < -0.3 is 10.0 Å². The Labute approximate surface area is 113 Å². The lowest BCUT2D eigenvalue weighted by molar-refractivity contribution is 0.137. The van der Waals surface area contributed by atoms with E-state index in [0.29, 0.717) is 18.0 Å². The number of amides is 1. The zero-order valence-corrected chi connectivity index (χ0v) is 11.0. The maximum Gasteiger partial charge on any atom is 0.407 e. The average Bonchev–Trinajstić information content (AvgIpc) is 2.34. The lowest BCUT2D eigenvalue weighted by Gasteiger charge is -2.30. The lowest BCUT2D eigenvalue weighted by atomic mass is 10.1. The fourth-order valence-corrected chi connectivity index (χ4v) is 3.18. The Kier molecular flexibility index (Phi) is 4.29. The summed E-state index contributed by atoms with van der Waals surface area (Å²) in [5, 5.41) is 8.92. The number of hydrogen-bond donors (Lipinski definition) is 1. The second-order valence-electron chi connectivity index (χ2n) is 4.05. The second-order valence-corrected chi connectivity index (χ2v) is 5.79. The standard InChI is InChI=1S/C11H12ClFN2O2S/c12-10-9(13)4-8(5-14-10)18-7-2-1-3-15(6-7)11(16)17/h4-5,7H,1-3,6H2,(H,16,17)/t7-/m1/s1. The van der Waals surface area contributed by atoms with Crippen molar-refractivity contribution >= 4 is 29.5 Å². The van der Waals surface area contributed by atoms with Gasteiger partial charge in [0.1, 0.15) is 0 Å². The normalized spacial score (nSPS) is 19.9. The molecule has 7 heteroatoms. The molecule has 1 aliphatic rings. The Morgan fingerprint density at radius 1 is 1.67 bits per heavy atom. The zero-order chi connectivity index (χ0) is 13.1. The summed E-state index contributed by atoms with van der Waals surface area (Å²) < 4.78 is 13.2. The monoisotopic (exact) mass is 290 g/mol. The van der Waals surface area contributed by atoms with Crippen molar-refractivity contribution in [2.24, 2.45) is 0 Å². The van der Waals surface area contributed by atoms with E-state index in [1.54, 1.807) is 0 Å². The van der Waals surface area contributed by atoms with Crippen LogP contribution in [-0.4, -0.2) is 39.4 Å². The molecule has 2 heterocycles. The van der Waals surface area contributed by atoms with Crippen LogP contribution in [0.5, 0.6) is 0 Å². The van der Waals surface area contributed by atoms with E-state index in [2.05, 4.69) is 4.98 Å². The van der Waals surface area contributed by atoms with Crippen LogP contribution in [-0.2, 0) is 0 Å². The summed E-state index contributed by atoms with van der Waals surface area (Å²) in [6, 6.07) is 1.33. The molecule has 0 unspecified atom stereocenters. The summed E-state index contributed by atoms with van der Waals surface area (Å²) >= 11 is 6.95. The number of halogens is 2. The fraction of sp³-hybridized carbons (Fsp3) is 0.455. The van der Waals surface area contributed by atoms with Gasteiger partial charge in [-0.25, -0.2) is 14.2 Å². The van der Waals surface area contributed by atoms with Gasteiger partial charge in [0.05, 0.1) is 0 Å². The highest BCUT2D eigenvalue weighted by Crippen LogP contribution is 2.30. The third kappa shape index (κ3) is 3.26. The first-order valence-corrected chi connectivity index (χ1v) is 6.77. The van der Waals surface area contributed by atoms with E-state index in [1.165, 1.54) is 28.9 Å². The molecule has 98 valence electrons. The van der Waals surface area contributed by atoms with Gasteiger partial charge in [0.15, 0.2) is 11.0 Å². The van der Waals surface area contributed by atoms with Gasteiger partial charge in [-0.2, -0.15) is 0 Å². The number of rotatable bonds is 2. The van der Waals surface area contributed by atoms with Gasteiger partial charge in [-0.3, -0.25) is 0 Å². The van der Waals surface area contributed by atoms with Gasteiger partial charge in [0.2, 0.25) is 0 Å². The molecule has 1 fully saturated rings. The van der Waals surface area contributed by atoms with Gasteiger partial charge in [-0.15, -0.1) is 11.8 Å². The number of piperidine rings is 1. The van der Waals surface area contributed by atoms with Crippen LogP contribution in [0, 0.1) is 5.82 Å². The Bertz CT molecular complexity index is 461. The van der Waals surface area contributed by atoms with Crippen molar-refractivity contribution in [3.63, 3.8) is 0 Å². The predicted octanol–water partition coefficient (Wildman–Crippen LogP) is 3.11. The first-order valence-electron chi connectivity index (χ1n) is 5.52. The fourth-order valence-electron chi connectivity index (χ4n) is 1.87. The number of pyridine rings is 1. The molecule has 0 saturated carbocycles. The largest absolute Gasteiger partial charge is 0.465 e. The van der Waals surface area contributed by atoms with E-state index in [-0.39, 0.29) is 10.4 Å². The third-order valence-electron chi connectivity index (χ3n) is 2.72. The van der Waals surface area contributed by atoms with Gasteiger partial charge >= 0.3 is 6.09 Å². The third-order valence-corrected chi connectivity index (χ3v) is 4.21. The van der Waals surface area contributed by atoms with E-state index in [0.717, 1.165) is 12.8 Å². The number of thioether (sulfide) groups is 1. The Morgan fingerprint density at radius 2 is 2.44 bits per heavy atom. The summed E-state index contributed by atoms with van der Waals surface area (Å²) in [4.78, 5) is 16.7. The van der Waals surface area contributed by atoms with Crippen molar-refractivity contribution in [3.8, 4) is 0 Å². The smallest absolute Gasteiger partial charge is 0.407 e. The number of aromatic nitrogens is 1. The first kappa shape index (κ1) is 13.4. The molecule has 1 atom stereocenters. The maximum atomic E-state index is 13.2. The van der Waals surface area contributed by atoms with E-state index < -0.39 is 11.9 Å². The minimum atomic E-state index is -0.902. The highest BCUT2D eigenvalue weighted by molar-refractivity contribution is 8.00. The van der Waals surface area contributed by atoms with Crippen molar-refractivity contribution < 1.29 is 14.3 Å². The summed E-state index contributed by atoms with van der Waals surface area (Å²) in [6.45, 7) is 1.03. The molecule has 1 aromatic rings. The summed E-state index contributed by atoms with van der Waals surface area (Å²) in [6.07, 6.45) is 2.35. The number of nitrogens with zero attached hydrogens (tertiary/aromatic N) is 2. The van der Waals surface area contributed by atoms with Crippen LogP contribution in [0.4, 0.5) is 9.18 Å². The predicted molar refractivity (Wildman–Crippen MR) is 67.7 cm³/mol. The average molecular weight is 291 g/mol. The molecule has 4 nitrogen and oxygen atoms in total. The molecule has 0 aromatic carbocycles. The van der Waals surface area contributed by atoms with E-state index in [1.807, 2.05) is 0 Å². The molecule has 1 aromatic heterocycles. The van der Waals surface area contributed by atoms with Crippen LogP contribution in [0.2, 0.25) is 5.15 Å². The van der Waals surface area contributed by atoms with Gasteiger partial charge in [-0.1, -0.05) is 11.6 Å². The highest BCUT2D eigenvalue weighted by Gasteiger charge is 2.24. The summed E-state index contributed by atoms with van der Waals surface area (Å²) in [5.41, 5.74) is 0. The molecule has 0 bridgehead atoms. The second kappa shape index (κ2) is 5.75. The number of hydrogen-bond acceptors (Lipinski definition) is 3. The molecule has 18 heavy (non-hydrogen) atoms. The van der Waals surface area contributed by atoms with Crippen molar-refractivity contribution in [2.45, 2.75) is 23.0 Å². The molecule has 0 spiro atoms. The van der Waals surface area contributed by atoms with Crippen molar-refractivity contribution in [3.05, 3.63) is 23.2 Å². The Morgan fingerprint density at radius 3 is 3.11 bits per heavy atom.